The van der Waals surface area contributed by atoms with Gasteiger partial charge in [0.05, 0.1) is 6.10 Å². The van der Waals surface area contributed by atoms with Gasteiger partial charge in [-0.15, -0.1) is 0 Å². The van der Waals surface area contributed by atoms with Gasteiger partial charge in [-0.2, -0.15) is 0 Å². The maximum atomic E-state index is 12.3. The van der Waals surface area contributed by atoms with Gasteiger partial charge in [0.15, 0.2) is 0 Å². The molecule has 2 aliphatic heterocycles. The van der Waals surface area contributed by atoms with Crippen molar-refractivity contribution in [1.29, 1.82) is 0 Å². The van der Waals surface area contributed by atoms with E-state index in [0.29, 0.717) is 12.5 Å². The summed E-state index contributed by atoms with van der Waals surface area (Å²) in [6.07, 6.45) is 5.82. The molecule has 1 aromatic rings. The summed E-state index contributed by atoms with van der Waals surface area (Å²) in [5.74, 6) is 0.319. The van der Waals surface area contributed by atoms with E-state index >= 15 is 0 Å². The SMILES string of the molecule is CC(O)C1CCN(C(=O)NCc2cccc(N3CC=CC3)c2)CC1. The number of hydrogen-bond donors (Lipinski definition) is 2. The predicted octanol–water partition coefficient (Wildman–Crippen LogP) is 2.37. The maximum Gasteiger partial charge on any atom is 0.317 e. The maximum absolute atomic E-state index is 12.3. The molecule has 0 bridgehead atoms. The summed E-state index contributed by atoms with van der Waals surface area (Å²) in [6.45, 7) is 5.73. The number of aliphatic hydroxyl groups is 1. The van der Waals surface area contributed by atoms with Gasteiger partial charge in [-0.3, -0.25) is 0 Å². The Bertz CT molecular complexity index is 584. The van der Waals surface area contributed by atoms with E-state index < -0.39 is 0 Å². The number of carbonyl (C=O) groups excluding carboxylic acids is 1. The molecular formula is C19H27N3O2. The average molecular weight is 329 g/mol. The zero-order valence-corrected chi connectivity index (χ0v) is 14.3. The molecule has 24 heavy (non-hydrogen) atoms. The van der Waals surface area contributed by atoms with E-state index in [9.17, 15) is 9.90 Å². The fraction of sp³-hybridized carbons (Fsp3) is 0.526. The van der Waals surface area contributed by atoms with Crippen molar-refractivity contribution in [2.24, 2.45) is 5.92 Å². The van der Waals surface area contributed by atoms with Crippen LogP contribution in [0.3, 0.4) is 0 Å². The Morgan fingerprint density at radius 2 is 2.00 bits per heavy atom. The van der Waals surface area contributed by atoms with Gasteiger partial charge in [-0.1, -0.05) is 24.3 Å². The van der Waals surface area contributed by atoms with Crippen molar-refractivity contribution in [3.05, 3.63) is 42.0 Å². The van der Waals surface area contributed by atoms with Gasteiger partial charge in [-0.05, 0) is 43.4 Å². The highest BCUT2D eigenvalue weighted by Crippen LogP contribution is 2.21. The van der Waals surface area contributed by atoms with Crippen molar-refractivity contribution in [2.75, 3.05) is 31.1 Å². The first-order valence-electron chi connectivity index (χ1n) is 8.83. The molecule has 2 heterocycles. The third-order valence-electron chi connectivity index (χ3n) is 5.05. The standard InChI is InChI=1S/C19H27N3O2/c1-15(23)17-7-11-22(12-8-17)19(24)20-14-16-5-4-6-18(13-16)21-9-2-3-10-21/h2-6,13,15,17,23H,7-12,14H2,1H3,(H,20,24). The number of piperidine rings is 1. The molecular weight excluding hydrogens is 302 g/mol. The summed E-state index contributed by atoms with van der Waals surface area (Å²) in [5, 5.41) is 12.7. The van der Waals surface area contributed by atoms with Crippen LogP contribution in [0.15, 0.2) is 36.4 Å². The highest BCUT2D eigenvalue weighted by atomic mass is 16.3. The van der Waals surface area contributed by atoms with Crippen LogP contribution in [0.5, 0.6) is 0 Å². The van der Waals surface area contributed by atoms with Crippen molar-refractivity contribution in [1.82, 2.24) is 10.2 Å². The smallest absolute Gasteiger partial charge is 0.317 e. The third kappa shape index (κ3) is 4.09. The zero-order chi connectivity index (χ0) is 16.9. The van der Waals surface area contributed by atoms with Crippen molar-refractivity contribution in [3.63, 3.8) is 0 Å². The van der Waals surface area contributed by atoms with E-state index in [1.165, 1.54) is 5.69 Å². The molecule has 0 radical (unpaired) electrons. The van der Waals surface area contributed by atoms with Crippen molar-refractivity contribution in [2.45, 2.75) is 32.4 Å². The molecule has 1 saturated heterocycles. The van der Waals surface area contributed by atoms with Crippen LogP contribution < -0.4 is 10.2 Å². The zero-order valence-electron chi connectivity index (χ0n) is 14.3. The molecule has 1 fully saturated rings. The molecule has 2 amide bonds. The number of urea groups is 1. The molecule has 1 unspecified atom stereocenters. The number of rotatable bonds is 4. The number of amides is 2. The van der Waals surface area contributed by atoms with Crippen molar-refractivity contribution in [3.8, 4) is 0 Å². The number of benzene rings is 1. The average Bonchev–Trinajstić information content (AvgIpc) is 3.15. The van der Waals surface area contributed by atoms with Crippen LogP contribution in [0.25, 0.3) is 0 Å². The molecule has 0 saturated carbocycles. The third-order valence-corrected chi connectivity index (χ3v) is 5.05. The second-order valence-electron chi connectivity index (χ2n) is 6.77. The predicted molar refractivity (Wildman–Crippen MR) is 96.0 cm³/mol. The minimum atomic E-state index is -0.280. The molecule has 130 valence electrons. The molecule has 0 spiro atoms. The first-order chi connectivity index (χ1) is 11.6. The number of hydrogen-bond acceptors (Lipinski definition) is 3. The Morgan fingerprint density at radius 1 is 1.29 bits per heavy atom. The van der Waals surface area contributed by atoms with Gasteiger partial charge >= 0.3 is 6.03 Å². The highest BCUT2D eigenvalue weighted by Gasteiger charge is 2.25. The number of nitrogens with zero attached hydrogens (tertiary/aromatic N) is 2. The van der Waals surface area contributed by atoms with Gasteiger partial charge < -0.3 is 20.2 Å². The Kier molecular flexibility index (Phi) is 5.41. The van der Waals surface area contributed by atoms with Gasteiger partial charge in [0.2, 0.25) is 0 Å². The Morgan fingerprint density at radius 3 is 2.67 bits per heavy atom. The molecule has 0 aromatic heterocycles. The molecule has 1 aromatic carbocycles. The number of likely N-dealkylation sites (tertiary alicyclic amines) is 1. The quantitative estimate of drug-likeness (QED) is 0.834. The van der Waals surface area contributed by atoms with Crippen molar-refractivity contribution < 1.29 is 9.90 Å². The number of carbonyl (C=O) groups is 1. The fourth-order valence-corrected chi connectivity index (χ4v) is 3.43. The number of anilines is 1. The first-order valence-corrected chi connectivity index (χ1v) is 8.83. The van der Waals surface area contributed by atoms with E-state index in [1.54, 1.807) is 0 Å². The van der Waals surface area contributed by atoms with Gasteiger partial charge in [0.1, 0.15) is 0 Å². The first kappa shape index (κ1) is 16.8. The molecule has 5 heteroatoms. The minimum Gasteiger partial charge on any atom is -0.393 e. The lowest BCUT2D eigenvalue weighted by atomic mass is 9.92. The van der Waals surface area contributed by atoms with Crippen LogP contribution in [0.1, 0.15) is 25.3 Å². The summed E-state index contributed by atoms with van der Waals surface area (Å²) >= 11 is 0. The van der Waals surface area contributed by atoms with Gasteiger partial charge in [-0.25, -0.2) is 4.79 Å². The minimum absolute atomic E-state index is 0.00714. The van der Waals surface area contributed by atoms with Crippen LogP contribution in [-0.2, 0) is 6.54 Å². The lowest BCUT2D eigenvalue weighted by Crippen LogP contribution is -2.45. The molecule has 1 atom stereocenters. The molecule has 2 aliphatic rings. The van der Waals surface area contributed by atoms with Gasteiger partial charge in [0.25, 0.3) is 0 Å². The summed E-state index contributed by atoms with van der Waals surface area (Å²) < 4.78 is 0. The topological polar surface area (TPSA) is 55.8 Å². The molecule has 3 rings (SSSR count). The second-order valence-corrected chi connectivity index (χ2v) is 6.77. The van der Waals surface area contributed by atoms with Crippen LogP contribution in [-0.4, -0.2) is 48.3 Å². The van der Waals surface area contributed by atoms with E-state index in [0.717, 1.165) is 44.6 Å². The van der Waals surface area contributed by atoms with Crippen LogP contribution >= 0.6 is 0 Å². The monoisotopic (exact) mass is 329 g/mol. The largest absolute Gasteiger partial charge is 0.393 e. The second kappa shape index (κ2) is 7.71. The Labute approximate surface area is 143 Å². The fourth-order valence-electron chi connectivity index (χ4n) is 3.43. The number of nitrogens with one attached hydrogen (secondary N) is 1. The van der Waals surface area contributed by atoms with E-state index in [-0.39, 0.29) is 12.1 Å². The molecule has 0 aliphatic carbocycles. The lowest BCUT2D eigenvalue weighted by Gasteiger charge is -2.33. The Balaban J connectivity index is 1.49. The highest BCUT2D eigenvalue weighted by molar-refractivity contribution is 5.74. The van der Waals surface area contributed by atoms with E-state index in [2.05, 4.69) is 34.5 Å². The Hall–Kier alpha value is -2.01. The number of aliphatic hydroxyl groups excluding tert-OH is 1. The normalized spacial score (nSPS) is 19.6. The summed E-state index contributed by atoms with van der Waals surface area (Å²) in [4.78, 5) is 16.5. The van der Waals surface area contributed by atoms with Crippen molar-refractivity contribution >= 4 is 11.7 Å². The van der Waals surface area contributed by atoms with Gasteiger partial charge in [0, 0.05) is 38.4 Å². The molecule has 5 nitrogen and oxygen atoms in total. The summed E-state index contributed by atoms with van der Waals surface area (Å²) in [7, 11) is 0. The summed E-state index contributed by atoms with van der Waals surface area (Å²) in [6, 6.07) is 8.34. The lowest BCUT2D eigenvalue weighted by molar-refractivity contribution is 0.0798. The summed E-state index contributed by atoms with van der Waals surface area (Å²) in [5.41, 5.74) is 2.32. The van der Waals surface area contributed by atoms with Crippen LogP contribution in [0.2, 0.25) is 0 Å². The van der Waals surface area contributed by atoms with Crippen LogP contribution in [0.4, 0.5) is 10.5 Å². The van der Waals surface area contributed by atoms with E-state index in [1.807, 2.05) is 24.0 Å². The van der Waals surface area contributed by atoms with E-state index in [4.69, 9.17) is 0 Å². The molecule has 2 N–H and O–H groups in total. The van der Waals surface area contributed by atoms with Crippen LogP contribution in [0, 0.1) is 5.92 Å².